The van der Waals surface area contributed by atoms with Gasteiger partial charge in [-0.1, -0.05) is 26.0 Å². The van der Waals surface area contributed by atoms with Gasteiger partial charge in [-0.05, 0) is 90.6 Å². The van der Waals surface area contributed by atoms with Gasteiger partial charge < -0.3 is 25.0 Å². The zero-order chi connectivity index (χ0) is 31.0. The summed E-state index contributed by atoms with van der Waals surface area (Å²) >= 11 is 0. The van der Waals surface area contributed by atoms with Crippen molar-refractivity contribution in [1.29, 1.82) is 0 Å². The molecule has 0 radical (unpaired) electrons. The molecule has 3 aromatic rings. The maximum absolute atomic E-state index is 14.0. The van der Waals surface area contributed by atoms with Gasteiger partial charge in [-0.15, -0.1) is 0 Å². The van der Waals surface area contributed by atoms with Gasteiger partial charge in [0.1, 0.15) is 34.3 Å². The van der Waals surface area contributed by atoms with Crippen LogP contribution in [0, 0.1) is 25.6 Å². The van der Waals surface area contributed by atoms with E-state index in [1.165, 1.54) is 28.9 Å². The molecule has 3 aromatic carbocycles. The minimum absolute atomic E-state index is 0.189. The van der Waals surface area contributed by atoms with Crippen LogP contribution in [0.2, 0.25) is 0 Å². The first kappa shape index (κ1) is 30.0. The summed E-state index contributed by atoms with van der Waals surface area (Å²) in [6.07, 6.45) is 5.02. The van der Waals surface area contributed by atoms with Crippen LogP contribution in [0.5, 0.6) is 11.5 Å². The van der Waals surface area contributed by atoms with Gasteiger partial charge in [0.05, 0.1) is 5.70 Å². The minimum atomic E-state index is -1.33. The van der Waals surface area contributed by atoms with Crippen LogP contribution in [0.15, 0.2) is 72.6 Å². The molecule has 0 saturated heterocycles. The number of fused-ring (bicyclic) bond motifs is 1. The first-order valence-corrected chi connectivity index (χ1v) is 15.5. The van der Waals surface area contributed by atoms with Gasteiger partial charge >= 0.3 is 0 Å². The molecule has 0 fully saturated rings. The van der Waals surface area contributed by atoms with Crippen molar-refractivity contribution in [3.05, 3.63) is 101 Å². The molecule has 10 heteroatoms. The summed E-state index contributed by atoms with van der Waals surface area (Å²) in [6, 6.07) is 15.1. The Balaban J connectivity index is 1.52. The van der Waals surface area contributed by atoms with Gasteiger partial charge in [0.15, 0.2) is 0 Å². The number of nitrogens with one attached hydrogen (secondary N) is 3. The second kappa shape index (κ2) is 12.0. The van der Waals surface area contributed by atoms with Crippen molar-refractivity contribution in [2.75, 3.05) is 23.3 Å². The van der Waals surface area contributed by atoms with E-state index >= 15 is 0 Å². The second-order valence-electron chi connectivity index (χ2n) is 11.2. The third-order valence-electron chi connectivity index (χ3n) is 7.59. The van der Waals surface area contributed by atoms with Gasteiger partial charge in [0.2, 0.25) is 5.91 Å². The molecular weight excluding hydrogens is 567 g/mol. The molecule has 2 heterocycles. The van der Waals surface area contributed by atoms with Gasteiger partial charge in [0, 0.05) is 42.4 Å². The fraction of sp³-hybridized carbons (Fsp3) is 0.273. The van der Waals surface area contributed by atoms with E-state index in [1.807, 2.05) is 24.3 Å². The number of hydrogen-bond donors (Lipinski definition) is 3. The highest BCUT2D eigenvalue weighted by Gasteiger charge is 2.42. The molecule has 0 bridgehead atoms. The summed E-state index contributed by atoms with van der Waals surface area (Å²) in [5, 5.41) is 6.05. The first-order chi connectivity index (χ1) is 20.4. The number of rotatable bonds is 8. The number of amides is 2. The van der Waals surface area contributed by atoms with Crippen LogP contribution in [0.4, 0.5) is 15.8 Å². The van der Waals surface area contributed by atoms with Crippen LogP contribution in [-0.4, -0.2) is 40.3 Å². The molecule has 224 valence electrons. The maximum atomic E-state index is 14.0. The van der Waals surface area contributed by atoms with Crippen molar-refractivity contribution >= 4 is 39.7 Å². The lowest BCUT2D eigenvalue weighted by Crippen LogP contribution is -2.47. The largest absolute Gasteiger partial charge is 0.456 e. The fourth-order valence-corrected chi connectivity index (χ4v) is 5.88. The molecule has 2 aliphatic heterocycles. The normalized spacial score (nSPS) is 18.4. The van der Waals surface area contributed by atoms with Gasteiger partial charge in [0.25, 0.3) is 5.91 Å². The van der Waals surface area contributed by atoms with E-state index in [4.69, 9.17) is 4.74 Å². The van der Waals surface area contributed by atoms with Crippen LogP contribution < -0.4 is 20.1 Å². The molecule has 3 unspecified atom stereocenters. The molecule has 2 amide bonds. The van der Waals surface area contributed by atoms with Crippen molar-refractivity contribution in [1.82, 2.24) is 10.2 Å². The molecule has 2 aliphatic rings. The Kier molecular flexibility index (Phi) is 8.41. The molecule has 3 N–H and O–H groups in total. The monoisotopic (exact) mass is 602 g/mol. The maximum Gasteiger partial charge on any atom is 0.271 e. The highest BCUT2D eigenvalue weighted by molar-refractivity contribution is 7.85. The average Bonchev–Trinajstić information content (AvgIpc) is 3.39. The zero-order valence-electron chi connectivity index (χ0n) is 24.9. The van der Waals surface area contributed by atoms with Gasteiger partial charge in [-0.3, -0.25) is 9.59 Å². The van der Waals surface area contributed by atoms with Gasteiger partial charge in [-0.2, -0.15) is 0 Å². The Hall–Kier alpha value is -4.44. The van der Waals surface area contributed by atoms with Crippen LogP contribution >= 0.6 is 0 Å². The van der Waals surface area contributed by atoms with E-state index in [2.05, 4.69) is 29.2 Å². The number of likely N-dealkylation sites (N-methyl/N-ethyl adjacent to an activating group) is 1. The lowest BCUT2D eigenvalue weighted by atomic mass is 9.85. The standard InChI is InChI=1S/C33H35FN4O4S/c1-18(2)21-7-9-23(10-8-21)35-32(39)28-16-26-27(17-38(5)33(40)30(26)36-28)25-15-24(37-43(6)41)11-12-29(25)42-31-19(3)13-22(34)14-20(31)4/h7-18,26,30,36-37H,1-6H3,(H,35,39). The third-order valence-corrected chi connectivity index (χ3v) is 8.11. The molecule has 5 rings (SSSR count). The van der Waals surface area contributed by atoms with Crippen LogP contribution in [0.25, 0.3) is 5.57 Å². The van der Waals surface area contributed by atoms with E-state index in [0.29, 0.717) is 45.5 Å². The van der Waals surface area contributed by atoms with Crippen LogP contribution in [0.1, 0.15) is 42.0 Å². The molecule has 8 nitrogen and oxygen atoms in total. The van der Waals surface area contributed by atoms with Gasteiger partial charge in [-0.25, -0.2) is 8.60 Å². The molecule has 0 aliphatic carbocycles. The second-order valence-corrected chi connectivity index (χ2v) is 12.3. The number of hydrogen-bond acceptors (Lipinski definition) is 5. The Morgan fingerprint density at radius 2 is 1.70 bits per heavy atom. The predicted molar refractivity (Wildman–Crippen MR) is 168 cm³/mol. The highest BCUT2D eigenvalue weighted by atomic mass is 32.2. The smallest absolute Gasteiger partial charge is 0.271 e. The van der Waals surface area contributed by atoms with Crippen molar-refractivity contribution in [3.63, 3.8) is 0 Å². The van der Waals surface area contributed by atoms with Crippen molar-refractivity contribution in [2.45, 2.75) is 39.7 Å². The summed E-state index contributed by atoms with van der Waals surface area (Å²) in [4.78, 5) is 28.0. The van der Waals surface area contributed by atoms with E-state index in [9.17, 15) is 18.2 Å². The van der Waals surface area contributed by atoms with Crippen LogP contribution in [-0.2, 0) is 20.6 Å². The lowest BCUT2D eigenvalue weighted by molar-refractivity contribution is -0.130. The highest BCUT2D eigenvalue weighted by Crippen LogP contribution is 2.43. The number of benzene rings is 3. The van der Waals surface area contributed by atoms with Crippen LogP contribution in [0.3, 0.4) is 0 Å². The van der Waals surface area contributed by atoms with E-state index in [-0.39, 0.29) is 23.3 Å². The topological polar surface area (TPSA) is 99.8 Å². The lowest BCUT2D eigenvalue weighted by Gasteiger charge is -2.32. The number of carbonyl (C=O) groups is 2. The zero-order valence-corrected chi connectivity index (χ0v) is 25.8. The molecule has 0 aromatic heterocycles. The van der Waals surface area contributed by atoms with E-state index in [0.717, 1.165) is 5.57 Å². The Bertz CT molecular complexity index is 1660. The number of halogens is 1. The number of nitrogens with zero attached hydrogens (tertiary/aromatic N) is 1. The van der Waals surface area contributed by atoms with Crippen molar-refractivity contribution in [3.8, 4) is 11.5 Å². The van der Waals surface area contributed by atoms with E-state index in [1.54, 1.807) is 51.4 Å². The number of carbonyl (C=O) groups excluding carboxylic acids is 2. The fourth-order valence-electron chi connectivity index (χ4n) is 5.43. The Morgan fingerprint density at radius 1 is 1.05 bits per heavy atom. The van der Waals surface area contributed by atoms with Crippen molar-refractivity contribution in [2.24, 2.45) is 5.92 Å². The minimum Gasteiger partial charge on any atom is -0.456 e. The Labute approximate surface area is 253 Å². The average molecular weight is 603 g/mol. The third kappa shape index (κ3) is 6.34. The van der Waals surface area contributed by atoms with Crippen molar-refractivity contribution < 1.29 is 22.9 Å². The summed E-state index contributed by atoms with van der Waals surface area (Å²) < 4.78 is 35.3. The molecule has 0 saturated carbocycles. The quantitative estimate of drug-likeness (QED) is 0.294. The first-order valence-electron chi connectivity index (χ1n) is 14.0. The molecular formula is C33H35FN4O4S. The summed E-state index contributed by atoms with van der Waals surface area (Å²) in [7, 11) is 0.328. The number of aryl methyl sites for hydroxylation is 2. The number of ether oxygens (including phenoxy) is 1. The summed E-state index contributed by atoms with van der Waals surface area (Å²) in [5.74, 6) is -0.0330. The molecule has 43 heavy (non-hydrogen) atoms. The predicted octanol–water partition coefficient (Wildman–Crippen LogP) is 5.99. The van der Waals surface area contributed by atoms with E-state index < -0.39 is 22.9 Å². The summed E-state index contributed by atoms with van der Waals surface area (Å²) in [6.45, 7) is 7.75. The molecule has 3 atom stereocenters. The summed E-state index contributed by atoms with van der Waals surface area (Å²) in [5.41, 5.74) is 5.31. The Morgan fingerprint density at radius 3 is 2.33 bits per heavy atom. The SMILES string of the molecule is Cc1cc(F)cc(C)c1Oc1ccc(NS(C)=O)cc1C1=CN(C)C(=O)C2NC(C(=O)Nc3ccc(C(C)C)cc3)=CC12. The molecule has 0 spiro atoms. The number of anilines is 2.